The van der Waals surface area contributed by atoms with Crippen molar-refractivity contribution in [3.63, 3.8) is 0 Å². The van der Waals surface area contributed by atoms with E-state index in [-0.39, 0.29) is 17.1 Å². The molecule has 2 N–H and O–H groups in total. The molecule has 2 aromatic rings. The number of phenols is 1. The Bertz CT molecular complexity index is 743. The number of amides is 1. The summed E-state index contributed by atoms with van der Waals surface area (Å²) in [5, 5.41) is 23.8. The largest absolute Gasteiger partial charge is 0.546 e. The number of hydrogen-bond donors (Lipinski definition) is 2. The summed E-state index contributed by atoms with van der Waals surface area (Å²) in [6, 6.07) is 12.6. The summed E-state index contributed by atoms with van der Waals surface area (Å²) in [6.45, 7) is -0.588. The van der Waals surface area contributed by atoms with E-state index in [0.717, 1.165) is 0 Å². The lowest BCUT2D eigenvalue weighted by Gasteiger charge is -2.09. The Kier molecular flexibility index (Phi) is 5.30. The van der Waals surface area contributed by atoms with Crippen LogP contribution in [0.1, 0.15) is 15.9 Å². The average molecular weight is 313 g/mol. The number of nitrogens with one attached hydrogen (secondary N) is 1. The normalized spacial score (nSPS) is 10.4. The number of hydrazone groups is 1. The van der Waals surface area contributed by atoms with Crippen molar-refractivity contribution in [3.05, 3.63) is 59.7 Å². The number of carbonyl (C=O) groups excluding carboxylic acids is 2. The molecule has 0 unspecified atom stereocenters. The number of rotatable bonds is 6. The van der Waals surface area contributed by atoms with E-state index < -0.39 is 18.5 Å². The van der Waals surface area contributed by atoms with Gasteiger partial charge in [0.15, 0.2) is 0 Å². The van der Waals surface area contributed by atoms with E-state index in [2.05, 4.69) is 10.5 Å². The molecule has 0 bridgehead atoms. The van der Waals surface area contributed by atoms with E-state index in [9.17, 15) is 19.8 Å². The minimum absolute atomic E-state index is 0.0890. The molecule has 0 spiro atoms. The first-order valence-electron chi connectivity index (χ1n) is 6.61. The van der Waals surface area contributed by atoms with Crippen molar-refractivity contribution in [3.8, 4) is 11.5 Å². The monoisotopic (exact) mass is 313 g/mol. The van der Waals surface area contributed by atoms with E-state index in [1.807, 2.05) is 0 Å². The van der Waals surface area contributed by atoms with Crippen molar-refractivity contribution in [2.45, 2.75) is 0 Å². The lowest BCUT2D eigenvalue weighted by molar-refractivity contribution is -0.307. The fraction of sp³-hybridized carbons (Fsp3) is 0.0625. The van der Waals surface area contributed by atoms with E-state index in [4.69, 9.17) is 4.74 Å². The molecule has 2 rings (SSSR count). The van der Waals surface area contributed by atoms with Gasteiger partial charge in [0.1, 0.15) is 18.1 Å². The average Bonchev–Trinajstić information content (AvgIpc) is 2.54. The van der Waals surface area contributed by atoms with Gasteiger partial charge in [0.25, 0.3) is 5.91 Å². The number of carboxylic acid groups (broad SMARTS) is 1. The standard InChI is InChI=1S/C16H14N2O5/c19-13-7-3-2-6-12(13)16(22)18-17-9-11-5-1-4-8-14(11)23-10-15(20)21/h1-9,19H,10H2,(H,18,22)(H,20,21)/p-1. The third kappa shape index (κ3) is 4.57. The zero-order chi connectivity index (χ0) is 16.7. The second kappa shape index (κ2) is 7.60. The molecule has 1 amide bonds. The second-order valence-corrected chi connectivity index (χ2v) is 4.41. The number of carboxylic acids is 1. The van der Waals surface area contributed by atoms with Crippen molar-refractivity contribution in [1.29, 1.82) is 0 Å². The highest BCUT2D eigenvalue weighted by molar-refractivity contribution is 5.97. The second-order valence-electron chi connectivity index (χ2n) is 4.41. The van der Waals surface area contributed by atoms with Gasteiger partial charge in [-0.15, -0.1) is 0 Å². The number of hydrogen-bond acceptors (Lipinski definition) is 6. The number of nitrogens with zero attached hydrogens (tertiary/aromatic N) is 1. The Morgan fingerprint density at radius 1 is 1.17 bits per heavy atom. The van der Waals surface area contributed by atoms with Gasteiger partial charge in [0.2, 0.25) is 0 Å². The highest BCUT2D eigenvalue weighted by Crippen LogP contribution is 2.16. The van der Waals surface area contributed by atoms with Gasteiger partial charge in [-0.05, 0) is 24.3 Å². The van der Waals surface area contributed by atoms with Crippen LogP contribution >= 0.6 is 0 Å². The van der Waals surface area contributed by atoms with Crippen LogP contribution < -0.4 is 15.3 Å². The zero-order valence-corrected chi connectivity index (χ0v) is 11.9. The minimum atomic E-state index is -1.34. The van der Waals surface area contributed by atoms with Crippen molar-refractivity contribution >= 4 is 18.1 Å². The molecule has 0 saturated carbocycles. The number of phenolic OH excluding ortho intramolecular Hbond substituents is 1. The third-order valence-corrected chi connectivity index (χ3v) is 2.78. The van der Waals surface area contributed by atoms with Gasteiger partial charge in [-0.1, -0.05) is 24.3 Å². The van der Waals surface area contributed by atoms with E-state index in [1.54, 1.807) is 36.4 Å². The summed E-state index contributed by atoms with van der Waals surface area (Å²) < 4.78 is 5.05. The highest BCUT2D eigenvalue weighted by Gasteiger charge is 2.08. The number of benzene rings is 2. The van der Waals surface area contributed by atoms with Crippen molar-refractivity contribution in [2.24, 2.45) is 5.10 Å². The zero-order valence-electron chi connectivity index (χ0n) is 11.9. The molecule has 0 aromatic heterocycles. The van der Waals surface area contributed by atoms with Gasteiger partial charge < -0.3 is 19.7 Å². The van der Waals surface area contributed by atoms with E-state index >= 15 is 0 Å². The Morgan fingerprint density at radius 3 is 2.61 bits per heavy atom. The lowest BCUT2D eigenvalue weighted by atomic mass is 10.2. The smallest absolute Gasteiger partial charge is 0.275 e. The van der Waals surface area contributed by atoms with Gasteiger partial charge in [0.05, 0.1) is 17.7 Å². The molecule has 0 saturated heterocycles. The maximum Gasteiger partial charge on any atom is 0.275 e. The molecule has 0 radical (unpaired) electrons. The van der Waals surface area contributed by atoms with Crippen LogP contribution in [-0.2, 0) is 4.79 Å². The number of aliphatic carboxylic acids is 1. The fourth-order valence-corrected chi connectivity index (χ4v) is 1.74. The molecule has 0 atom stereocenters. The molecule has 23 heavy (non-hydrogen) atoms. The van der Waals surface area contributed by atoms with Crippen LogP contribution in [0.5, 0.6) is 11.5 Å². The maximum absolute atomic E-state index is 11.9. The number of aromatic hydroxyl groups is 1. The number of ether oxygens (including phenoxy) is 1. The molecule has 0 aliphatic rings. The number of para-hydroxylation sites is 2. The first-order chi connectivity index (χ1) is 11.1. The molecular weight excluding hydrogens is 300 g/mol. The third-order valence-electron chi connectivity index (χ3n) is 2.78. The van der Waals surface area contributed by atoms with Crippen LogP contribution in [0.2, 0.25) is 0 Å². The summed E-state index contributed by atoms with van der Waals surface area (Å²) in [7, 11) is 0. The summed E-state index contributed by atoms with van der Waals surface area (Å²) in [6.07, 6.45) is 1.31. The molecule has 118 valence electrons. The molecule has 0 heterocycles. The predicted molar refractivity (Wildman–Crippen MR) is 80.1 cm³/mol. The number of carbonyl (C=O) groups is 2. The Morgan fingerprint density at radius 2 is 1.87 bits per heavy atom. The minimum Gasteiger partial charge on any atom is -0.546 e. The van der Waals surface area contributed by atoms with Crippen LogP contribution in [0.15, 0.2) is 53.6 Å². The molecule has 0 aliphatic carbocycles. The lowest BCUT2D eigenvalue weighted by Crippen LogP contribution is -2.29. The van der Waals surface area contributed by atoms with Crippen LogP contribution in [0, 0.1) is 0 Å². The summed E-state index contributed by atoms with van der Waals surface area (Å²) >= 11 is 0. The summed E-state index contributed by atoms with van der Waals surface area (Å²) in [4.78, 5) is 22.3. The molecule has 7 heteroatoms. The molecule has 7 nitrogen and oxygen atoms in total. The Hall–Kier alpha value is -3.35. The molecule has 2 aromatic carbocycles. The topological polar surface area (TPSA) is 111 Å². The van der Waals surface area contributed by atoms with Gasteiger partial charge in [-0.25, -0.2) is 5.43 Å². The Labute approximate surface area is 131 Å². The van der Waals surface area contributed by atoms with Crippen molar-refractivity contribution in [1.82, 2.24) is 5.43 Å². The van der Waals surface area contributed by atoms with Crippen LogP contribution in [0.25, 0.3) is 0 Å². The first kappa shape index (κ1) is 16.0. The first-order valence-corrected chi connectivity index (χ1v) is 6.61. The van der Waals surface area contributed by atoms with E-state index in [0.29, 0.717) is 5.56 Å². The van der Waals surface area contributed by atoms with Crippen molar-refractivity contribution in [2.75, 3.05) is 6.61 Å². The van der Waals surface area contributed by atoms with Crippen molar-refractivity contribution < 1.29 is 24.5 Å². The fourth-order valence-electron chi connectivity index (χ4n) is 1.74. The maximum atomic E-state index is 11.9. The summed E-state index contributed by atoms with van der Waals surface area (Å²) in [5.74, 6) is -1.78. The van der Waals surface area contributed by atoms with E-state index in [1.165, 1.54) is 18.3 Å². The van der Waals surface area contributed by atoms with Crippen LogP contribution in [0.4, 0.5) is 0 Å². The van der Waals surface area contributed by atoms with Gasteiger partial charge in [-0.3, -0.25) is 4.79 Å². The predicted octanol–water partition coefficient (Wildman–Crippen LogP) is 0.285. The summed E-state index contributed by atoms with van der Waals surface area (Å²) in [5.41, 5.74) is 2.83. The quantitative estimate of drug-likeness (QED) is 0.588. The Balaban J connectivity index is 2.05. The molecule has 0 aliphatic heterocycles. The van der Waals surface area contributed by atoms with Gasteiger partial charge in [-0.2, -0.15) is 5.10 Å². The molecule has 0 fully saturated rings. The van der Waals surface area contributed by atoms with Gasteiger partial charge >= 0.3 is 0 Å². The SMILES string of the molecule is O=C([O-])COc1ccccc1C=NNC(=O)c1ccccc1O. The highest BCUT2D eigenvalue weighted by atomic mass is 16.5. The van der Waals surface area contributed by atoms with Crippen LogP contribution in [-0.4, -0.2) is 29.8 Å². The van der Waals surface area contributed by atoms with Gasteiger partial charge in [0, 0.05) is 5.56 Å². The van der Waals surface area contributed by atoms with Crippen LogP contribution in [0.3, 0.4) is 0 Å². The molecular formula is C16H13N2O5-.